The van der Waals surface area contributed by atoms with Crippen molar-refractivity contribution in [2.24, 2.45) is 0 Å². The van der Waals surface area contributed by atoms with Gasteiger partial charge in [0, 0.05) is 16.3 Å². The van der Waals surface area contributed by atoms with Crippen LogP contribution in [-0.4, -0.2) is 22.5 Å². The molecule has 4 heteroatoms. The van der Waals surface area contributed by atoms with Crippen LogP contribution in [-0.2, 0) is 0 Å². The highest BCUT2D eigenvalue weighted by molar-refractivity contribution is 6.78. The van der Waals surface area contributed by atoms with Gasteiger partial charge in [-0.05, 0) is 46.5 Å². The van der Waals surface area contributed by atoms with Gasteiger partial charge in [0.05, 0.1) is 14.2 Å². The molecule has 3 aromatic carbocycles. The molecular weight excluding hydrogens is 400 g/mol. The fourth-order valence-corrected chi connectivity index (χ4v) is 10.4. The normalized spacial score (nSPS) is 12.1. The molecule has 0 spiro atoms. The molecular formula is C27H36O3Si. The van der Waals surface area contributed by atoms with Gasteiger partial charge in [-0.1, -0.05) is 71.9 Å². The van der Waals surface area contributed by atoms with Crippen molar-refractivity contribution in [2.75, 3.05) is 14.2 Å². The molecule has 0 amide bonds. The van der Waals surface area contributed by atoms with E-state index in [-0.39, 0.29) is 0 Å². The van der Waals surface area contributed by atoms with Gasteiger partial charge in [-0.25, -0.2) is 0 Å². The zero-order chi connectivity index (χ0) is 22.8. The second kappa shape index (κ2) is 9.35. The first-order chi connectivity index (χ1) is 14.8. The Balaban J connectivity index is 2.35. The van der Waals surface area contributed by atoms with Crippen molar-refractivity contribution in [3.8, 4) is 28.4 Å². The summed E-state index contributed by atoms with van der Waals surface area (Å²) in [4.78, 5) is 0. The van der Waals surface area contributed by atoms with Crippen LogP contribution in [0.4, 0.5) is 0 Å². The third-order valence-electron chi connectivity index (χ3n) is 6.54. The third-order valence-corrected chi connectivity index (χ3v) is 12.5. The van der Waals surface area contributed by atoms with Crippen LogP contribution < -0.4 is 13.9 Å². The molecule has 31 heavy (non-hydrogen) atoms. The monoisotopic (exact) mass is 436 g/mol. The lowest BCUT2D eigenvalue weighted by Gasteiger charge is -2.42. The molecule has 0 aromatic heterocycles. The van der Waals surface area contributed by atoms with Crippen molar-refractivity contribution in [3.05, 3.63) is 54.6 Å². The van der Waals surface area contributed by atoms with E-state index >= 15 is 0 Å². The summed E-state index contributed by atoms with van der Waals surface area (Å²) >= 11 is 0. The average molecular weight is 437 g/mol. The van der Waals surface area contributed by atoms with Crippen molar-refractivity contribution in [1.29, 1.82) is 0 Å². The number of benzene rings is 3. The molecule has 3 rings (SSSR count). The van der Waals surface area contributed by atoms with Crippen LogP contribution in [0.3, 0.4) is 0 Å². The Morgan fingerprint density at radius 1 is 0.677 bits per heavy atom. The predicted octanol–water partition coefficient (Wildman–Crippen LogP) is 8.08. The summed E-state index contributed by atoms with van der Waals surface area (Å²) in [6.45, 7) is 13.9. The lowest BCUT2D eigenvalue weighted by Crippen LogP contribution is -2.50. The summed E-state index contributed by atoms with van der Waals surface area (Å²) in [7, 11) is 1.30. The van der Waals surface area contributed by atoms with Crippen LogP contribution in [0.25, 0.3) is 21.9 Å². The standard InChI is InChI=1S/C27H36O3Si/c1-18(2)31(19(3)4,20(5)6)30-26-17-24(21-12-10-9-11-13-21)27(29-8)25-16-22(28-7)14-15-23(25)26/h9-20H,1-8H3. The first-order valence-electron chi connectivity index (χ1n) is 11.2. The molecule has 0 saturated carbocycles. The minimum Gasteiger partial charge on any atom is -0.542 e. The average Bonchev–Trinajstić information content (AvgIpc) is 2.76. The van der Waals surface area contributed by atoms with Gasteiger partial charge < -0.3 is 13.9 Å². The second-order valence-electron chi connectivity index (χ2n) is 9.15. The Morgan fingerprint density at radius 3 is 1.81 bits per heavy atom. The summed E-state index contributed by atoms with van der Waals surface area (Å²) in [5.74, 6) is 2.60. The number of hydrogen-bond donors (Lipinski definition) is 0. The molecule has 0 aliphatic heterocycles. The van der Waals surface area contributed by atoms with Gasteiger partial charge in [-0.2, -0.15) is 0 Å². The number of fused-ring (bicyclic) bond motifs is 1. The maximum Gasteiger partial charge on any atom is 0.258 e. The van der Waals surface area contributed by atoms with E-state index in [9.17, 15) is 0 Å². The van der Waals surface area contributed by atoms with E-state index in [1.54, 1.807) is 14.2 Å². The maximum atomic E-state index is 7.18. The van der Waals surface area contributed by atoms with Gasteiger partial charge >= 0.3 is 0 Å². The zero-order valence-corrected chi connectivity index (χ0v) is 21.2. The summed E-state index contributed by atoms with van der Waals surface area (Å²) < 4.78 is 18.7. The van der Waals surface area contributed by atoms with Crippen molar-refractivity contribution >= 4 is 19.1 Å². The molecule has 0 radical (unpaired) electrons. The summed E-state index contributed by atoms with van der Waals surface area (Å²) in [6.07, 6.45) is 0. The highest BCUT2D eigenvalue weighted by Crippen LogP contribution is 2.48. The summed E-state index contributed by atoms with van der Waals surface area (Å²) in [6, 6.07) is 18.7. The molecule has 0 saturated heterocycles. The van der Waals surface area contributed by atoms with Crippen LogP contribution in [0.1, 0.15) is 41.5 Å². The van der Waals surface area contributed by atoms with Gasteiger partial charge in [0.2, 0.25) is 0 Å². The highest BCUT2D eigenvalue weighted by atomic mass is 28.4. The molecule has 0 aliphatic rings. The summed E-state index contributed by atoms with van der Waals surface area (Å²) in [5.41, 5.74) is 3.62. The van der Waals surface area contributed by atoms with Crippen molar-refractivity contribution in [3.63, 3.8) is 0 Å². The molecule has 0 bridgehead atoms. The van der Waals surface area contributed by atoms with Gasteiger partial charge in [0.25, 0.3) is 8.32 Å². The first kappa shape index (κ1) is 23.2. The highest BCUT2D eigenvalue weighted by Gasteiger charge is 2.47. The smallest absolute Gasteiger partial charge is 0.258 e. The molecule has 3 nitrogen and oxygen atoms in total. The van der Waals surface area contributed by atoms with E-state index in [0.717, 1.165) is 39.1 Å². The molecule has 0 atom stereocenters. The largest absolute Gasteiger partial charge is 0.542 e. The predicted molar refractivity (Wildman–Crippen MR) is 134 cm³/mol. The molecule has 0 fully saturated rings. The van der Waals surface area contributed by atoms with Crippen LogP contribution >= 0.6 is 0 Å². The molecule has 0 unspecified atom stereocenters. The van der Waals surface area contributed by atoms with Crippen LogP contribution in [0.15, 0.2) is 54.6 Å². The number of hydrogen-bond acceptors (Lipinski definition) is 3. The number of methoxy groups -OCH3 is 2. The Labute approximate surface area is 188 Å². The van der Waals surface area contributed by atoms with Gasteiger partial charge in [-0.3, -0.25) is 0 Å². The van der Waals surface area contributed by atoms with E-state index in [2.05, 4.69) is 84.0 Å². The van der Waals surface area contributed by atoms with E-state index < -0.39 is 8.32 Å². The minimum absolute atomic E-state index is 0.489. The Bertz CT molecular complexity index is 1000. The third kappa shape index (κ3) is 4.18. The fourth-order valence-electron chi connectivity index (χ4n) is 5.15. The Morgan fingerprint density at radius 2 is 1.29 bits per heavy atom. The lowest BCUT2D eigenvalue weighted by molar-refractivity contribution is 0.412. The zero-order valence-electron chi connectivity index (χ0n) is 20.2. The first-order valence-corrected chi connectivity index (χ1v) is 13.3. The van der Waals surface area contributed by atoms with E-state index in [0.29, 0.717) is 16.6 Å². The SMILES string of the molecule is COc1ccc2c(O[Si](C(C)C)(C(C)C)C(C)C)cc(-c3ccccc3)c(OC)c2c1. The second-order valence-corrected chi connectivity index (χ2v) is 14.5. The van der Waals surface area contributed by atoms with Crippen molar-refractivity contribution < 1.29 is 13.9 Å². The quantitative estimate of drug-likeness (QED) is 0.334. The van der Waals surface area contributed by atoms with Crippen LogP contribution in [0, 0.1) is 0 Å². The Hall–Kier alpha value is -2.46. The van der Waals surface area contributed by atoms with Gasteiger partial charge in [-0.15, -0.1) is 0 Å². The Kier molecular flexibility index (Phi) is 7.00. The molecule has 0 heterocycles. The van der Waals surface area contributed by atoms with Crippen molar-refractivity contribution in [2.45, 2.75) is 58.2 Å². The van der Waals surface area contributed by atoms with Crippen LogP contribution in [0.2, 0.25) is 16.6 Å². The van der Waals surface area contributed by atoms with Crippen molar-refractivity contribution in [1.82, 2.24) is 0 Å². The molecule has 166 valence electrons. The van der Waals surface area contributed by atoms with E-state index in [1.165, 1.54) is 0 Å². The van der Waals surface area contributed by atoms with E-state index in [1.807, 2.05) is 12.1 Å². The van der Waals surface area contributed by atoms with Gasteiger partial charge in [0.1, 0.15) is 17.2 Å². The topological polar surface area (TPSA) is 27.7 Å². The number of ether oxygens (including phenoxy) is 2. The van der Waals surface area contributed by atoms with E-state index in [4.69, 9.17) is 13.9 Å². The van der Waals surface area contributed by atoms with Crippen LogP contribution in [0.5, 0.6) is 17.2 Å². The molecule has 0 aliphatic carbocycles. The fraction of sp³-hybridized carbons (Fsp3) is 0.407. The van der Waals surface area contributed by atoms with Gasteiger partial charge in [0.15, 0.2) is 0 Å². The summed E-state index contributed by atoms with van der Waals surface area (Å²) in [5, 5.41) is 2.08. The number of rotatable bonds is 8. The lowest BCUT2D eigenvalue weighted by atomic mass is 9.98. The molecule has 3 aromatic rings. The molecule has 0 N–H and O–H groups in total. The minimum atomic E-state index is -2.13. The maximum absolute atomic E-state index is 7.18.